The lowest BCUT2D eigenvalue weighted by Crippen LogP contribution is -2.48. The van der Waals surface area contributed by atoms with E-state index in [4.69, 9.17) is 9.84 Å². The molecule has 0 atom stereocenters. The van der Waals surface area contributed by atoms with Crippen LogP contribution in [0.15, 0.2) is 18.2 Å². The fourth-order valence-corrected chi connectivity index (χ4v) is 1.29. The minimum atomic E-state index is -0.360. The van der Waals surface area contributed by atoms with E-state index in [9.17, 15) is 9.90 Å². The molecule has 1 aromatic rings. The van der Waals surface area contributed by atoms with Gasteiger partial charge in [0.25, 0.3) is 5.91 Å². The van der Waals surface area contributed by atoms with Crippen molar-refractivity contribution < 1.29 is 19.7 Å². The van der Waals surface area contributed by atoms with Gasteiger partial charge < -0.3 is 20.3 Å². The van der Waals surface area contributed by atoms with Crippen molar-refractivity contribution in [2.24, 2.45) is 0 Å². The van der Waals surface area contributed by atoms with Crippen molar-refractivity contribution >= 4 is 5.91 Å². The van der Waals surface area contributed by atoms with Gasteiger partial charge in [-0.1, -0.05) is 0 Å². The highest BCUT2D eigenvalue weighted by molar-refractivity contribution is 5.97. The molecule has 1 saturated heterocycles. The molecule has 0 radical (unpaired) electrons. The van der Waals surface area contributed by atoms with E-state index in [1.165, 1.54) is 12.1 Å². The highest BCUT2D eigenvalue weighted by Crippen LogP contribution is 2.22. The van der Waals surface area contributed by atoms with E-state index in [0.717, 1.165) is 6.07 Å². The summed E-state index contributed by atoms with van der Waals surface area (Å²) in [6.07, 6.45) is 0. The van der Waals surface area contributed by atoms with Crippen LogP contribution < -0.4 is 5.32 Å². The Morgan fingerprint density at radius 2 is 2.13 bits per heavy atom. The molecule has 1 aromatic carbocycles. The second-order valence-electron chi connectivity index (χ2n) is 3.41. The topological polar surface area (TPSA) is 78.8 Å². The zero-order chi connectivity index (χ0) is 10.8. The highest BCUT2D eigenvalue weighted by atomic mass is 16.5. The van der Waals surface area contributed by atoms with E-state index < -0.39 is 0 Å². The second kappa shape index (κ2) is 3.78. The number of amides is 1. The standard InChI is InChI=1S/C10H11NO4/c12-7-1-2-8(9(13)3-7)10(14)11-6-4-15-5-6/h1-3,6,12-13H,4-5H2,(H,11,14). The maximum atomic E-state index is 11.6. The zero-order valence-corrected chi connectivity index (χ0v) is 7.93. The summed E-state index contributed by atoms with van der Waals surface area (Å²) >= 11 is 0. The lowest BCUT2D eigenvalue weighted by molar-refractivity contribution is -0.00350. The van der Waals surface area contributed by atoms with Crippen molar-refractivity contribution in [2.75, 3.05) is 13.2 Å². The van der Waals surface area contributed by atoms with Gasteiger partial charge in [0.15, 0.2) is 0 Å². The molecule has 1 fully saturated rings. The Labute approximate surface area is 86.3 Å². The first-order valence-corrected chi connectivity index (χ1v) is 4.57. The van der Waals surface area contributed by atoms with Gasteiger partial charge in [-0.25, -0.2) is 0 Å². The van der Waals surface area contributed by atoms with Gasteiger partial charge in [0.05, 0.1) is 24.8 Å². The van der Waals surface area contributed by atoms with Gasteiger partial charge in [-0.3, -0.25) is 4.79 Å². The SMILES string of the molecule is O=C(NC1COC1)c1ccc(O)cc1O. The molecule has 0 saturated carbocycles. The molecule has 1 amide bonds. The van der Waals surface area contributed by atoms with Crippen molar-refractivity contribution in [1.29, 1.82) is 0 Å². The van der Waals surface area contributed by atoms with E-state index in [1.54, 1.807) is 0 Å². The van der Waals surface area contributed by atoms with Crippen LogP contribution in [0.3, 0.4) is 0 Å². The van der Waals surface area contributed by atoms with Gasteiger partial charge in [-0.2, -0.15) is 0 Å². The Balaban J connectivity index is 2.10. The molecule has 80 valence electrons. The summed E-state index contributed by atoms with van der Waals surface area (Å²) < 4.78 is 4.90. The van der Waals surface area contributed by atoms with Gasteiger partial charge in [-0.05, 0) is 12.1 Å². The van der Waals surface area contributed by atoms with Crippen molar-refractivity contribution in [3.63, 3.8) is 0 Å². The second-order valence-corrected chi connectivity index (χ2v) is 3.41. The minimum absolute atomic E-state index is 0.0192. The minimum Gasteiger partial charge on any atom is -0.508 e. The first-order valence-electron chi connectivity index (χ1n) is 4.57. The average Bonchev–Trinajstić information content (AvgIpc) is 2.11. The fourth-order valence-electron chi connectivity index (χ4n) is 1.29. The Morgan fingerprint density at radius 3 is 2.67 bits per heavy atom. The van der Waals surface area contributed by atoms with Crippen LogP contribution in [0, 0.1) is 0 Å². The Bertz CT molecular complexity index is 387. The van der Waals surface area contributed by atoms with Crippen molar-refractivity contribution in [3.8, 4) is 11.5 Å². The third kappa shape index (κ3) is 2.02. The highest BCUT2D eigenvalue weighted by Gasteiger charge is 2.22. The lowest BCUT2D eigenvalue weighted by atomic mass is 10.1. The van der Waals surface area contributed by atoms with Crippen LogP contribution in [0.2, 0.25) is 0 Å². The fraction of sp³-hybridized carbons (Fsp3) is 0.300. The molecule has 5 nitrogen and oxygen atoms in total. The van der Waals surface area contributed by atoms with Crippen molar-refractivity contribution in [1.82, 2.24) is 5.32 Å². The average molecular weight is 209 g/mol. The van der Waals surface area contributed by atoms with Gasteiger partial charge >= 0.3 is 0 Å². The maximum absolute atomic E-state index is 11.6. The lowest BCUT2D eigenvalue weighted by Gasteiger charge is -2.26. The summed E-state index contributed by atoms with van der Waals surface area (Å²) in [5.74, 6) is -0.662. The third-order valence-corrected chi connectivity index (χ3v) is 2.20. The van der Waals surface area contributed by atoms with E-state index in [2.05, 4.69) is 5.32 Å². The molecule has 5 heteroatoms. The summed E-state index contributed by atoms with van der Waals surface area (Å²) in [5.41, 5.74) is 0.153. The summed E-state index contributed by atoms with van der Waals surface area (Å²) in [6.45, 7) is 1.01. The van der Waals surface area contributed by atoms with E-state index in [0.29, 0.717) is 13.2 Å². The molecule has 0 aliphatic carbocycles. The van der Waals surface area contributed by atoms with Gasteiger partial charge in [0.2, 0.25) is 0 Å². The zero-order valence-electron chi connectivity index (χ0n) is 7.93. The predicted molar refractivity (Wildman–Crippen MR) is 51.8 cm³/mol. The number of aromatic hydroxyl groups is 2. The van der Waals surface area contributed by atoms with Crippen LogP contribution >= 0.6 is 0 Å². The van der Waals surface area contributed by atoms with Crippen LogP contribution in [0.4, 0.5) is 0 Å². The monoisotopic (exact) mass is 209 g/mol. The Hall–Kier alpha value is -1.75. The van der Waals surface area contributed by atoms with E-state index in [-0.39, 0.29) is 29.0 Å². The summed E-state index contributed by atoms with van der Waals surface area (Å²) in [5, 5.41) is 21.1. The number of hydrogen-bond acceptors (Lipinski definition) is 4. The maximum Gasteiger partial charge on any atom is 0.255 e. The molecule has 2 rings (SSSR count). The van der Waals surface area contributed by atoms with Crippen LogP contribution in [0.25, 0.3) is 0 Å². The quantitative estimate of drug-likeness (QED) is 0.651. The number of nitrogens with one attached hydrogen (secondary N) is 1. The molecule has 15 heavy (non-hydrogen) atoms. The van der Waals surface area contributed by atoms with Gasteiger partial charge in [0.1, 0.15) is 11.5 Å². The molecule has 0 bridgehead atoms. The predicted octanol–water partition coefficient (Wildman–Crippen LogP) is 0.226. The number of hydrogen-bond donors (Lipinski definition) is 3. The van der Waals surface area contributed by atoms with Crippen LogP contribution in [0.1, 0.15) is 10.4 Å². The molecule has 1 heterocycles. The van der Waals surface area contributed by atoms with E-state index >= 15 is 0 Å². The van der Waals surface area contributed by atoms with Crippen molar-refractivity contribution in [2.45, 2.75) is 6.04 Å². The first kappa shape index (κ1) is 9.79. The molecular weight excluding hydrogens is 198 g/mol. The Kier molecular flexibility index (Phi) is 2.47. The number of carbonyl (C=O) groups is 1. The van der Waals surface area contributed by atoms with E-state index in [1.807, 2.05) is 0 Å². The number of phenols is 2. The number of ether oxygens (including phenoxy) is 1. The largest absolute Gasteiger partial charge is 0.508 e. The Morgan fingerprint density at radius 1 is 1.40 bits per heavy atom. The number of benzene rings is 1. The summed E-state index contributed by atoms with van der Waals surface area (Å²) in [6, 6.07) is 3.88. The first-order chi connectivity index (χ1) is 7.16. The van der Waals surface area contributed by atoms with Gasteiger partial charge in [0, 0.05) is 6.07 Å². The molecule has 0 aromatic heterocycles. The van der Waals surface area contributed by atoms with Gasteiger partial charge in [-0.15, -0.1) is 0 Å². The smallest absolute Gasteiger partial charge is 0.255 e. The summed E-state index contributed by atoms with van der Waals surface area (Å²) in [7, 11) is 0. The molecule has 0 unspecified atom stereocenters. The van der Waals surface area contributed by atoms with Crippen LogP contribution in [-0.4, -0.2) is 35.4 Å². The number of phenolic OH excluding ortho intramolecular Hbond substituents is 2. The molecular formula is C10H11NO4. The molecule has 0 spiro atoms. The van der Waals surface area contributed by atoms with Crippen LogP contribution in [-0.2, 0) is 4.74 Å². The molecule has 1 aliphatic heterocycles. The van der Waals surface area contributed by atoms with Crippen molar-refractivity contribution in [3.05, 3.63) is 23.8 Å². The molecule has 3 N–H and O–H groups in total. The number of carbonyl (C=O) groups excluding carboxylic acids is 1. The summed E-state index contributed by atoms with van der Waals surface area (Å²) in [4.78, 5) is 11.6. The number of rotatable bonds is 2. The normalized spacial score (nSPS) is 15.7. The third-order valence-electron chi connectivity index (χ3n) is 2.20. The van der Waals surface area contributed by atoms with Crippen LogP contribution in [0.5, 0.6) is 11.5 Å². The molecule has 1 aliphatic rings.